The van der Waals surface area contributed by atoms with Crippen LogP contribution in [0.1, 0.15) is 50.4 Å². The van der Waals surface area contributed by atoms with Crippen LogP contribution < -0.4 is 24.4 Å². The molecule has 1 atom stereocenters. The summed E-state index contributed by atoms with van der Waals surface area (Å²) in [5, 5.41) is 0. The Morgan fingerprint density at radius 1 is 1.12 bits per heavy atom. The summed E-state index contributed by atoms with van der Waals surface area (Å²) < 4.78 is 21.6. The Bertz CT molecular complexity index is 1880. The molecule has 43 heavy (non-hydrogen) atoms. The van der Waals surface area contributed by atoms with Gasteiger partial charge >= 0.3 is 5.97 Å². The molecule has 0 amide bonds. The molecule has 0 aliphatic carbocycles. The van der Waals surface area contributed by atoms with Gasteiger partial charge in [-0.1, -0.05) is 63.7 Å². The highest BCUT2D eigenvalue weighted by Gasteiger charge is 2.35. The fourth-order valence-electron chi connectivity index (χ4n) is 4.77. The predicted molar refractivity (Wildman–Crippen MR) is 180 cm³/mol. The van der Waals surface area contributed by atoms with Crippen LogP contribution in [0, 0.1) is 3.57 Å². The van der Waals surface area contributed by atoms with Crippen LogP contribution >= 0.6 is 49.9 Å². The minimum atomic E-state index is -0.748. The topological polar surface area (TPSA) is 79.1 Å². The van der Waals surface area contributed by atoms with Gasteiger partial charge in [0.2, 0.25) is 0 Å². The van der Waals surface area contributed by atoms with Crippen molar-refractivity contribution in [2.45, 2.75) is 46.4 Å². The number of carbonyl (C=O) groups excluding carboxylic acids is 1. The standard InChI is InChI=1S/C33H30BrIN2O5S/c1-5-40-32(39)29-20(4)36-33-37(30(29)24-8-6-7-9-26(24)42-19(2)3)31(38)28(43-33)17-22-12-15-27(25(35)16-22)41-18-21-10-13-23(34)14-11-21/h6-17,19,30H,5,18H2,1-4H3/b28-17+/t30-/m0/s1. The largest absolute Gasteiger partial charge is 0.491 e. The second kappa shape index (κ2) is 13.6. The van der Waals surface area contributed by atoms with Crippen LogP contribution in [-0.2, 0) is 16.1 Å². The number of nitrogens with zero attached hydrogens (tertiary/aromatic N) is 2. The summed E-state index contributed by atoms with van der Waals surface area (Å²) in [4.78, 5) is 32.5. The summed E-state index contributed by atoms with van der Waals surface area (Å²) in [5.41, 5.74) is 3.21. The molecule has 222 valence electrons. The second-order valence-electron chi connectivity index (χ2n) is 10.1. The normalized spacial score (nSPS) is 14.9. The summed E-state index contributed by atoms with van der Waals surface area (Å²) in [7, 11) is 0. The van der Waals surface area contributed by atoms with E-state index < -0.39 is 12.0 Å². The Hall–Kier alpha value is -3.22. The number of thiazole rings is 1. The lowest BCUT2D eigenvalue weighted by Crippen LogP contribution is -2.40. The van der Waals surface area contributed by atoms with Gasteiger partial charge in [-0.3, -0.25) is 9.36 Å². The van der Waals surface area contributed by atoms with Gasteiger partial charge in [0, 0.05) is 10.0 Å². The highest BCUT2D eigenvalue weighted by molar-refractivity contribution is 14.1. The Morgan fingerprint density at radius 3 is 2.56 bits per heavy atom. The first-order valence-corrected chi connectivity index (χ1v) is 16.5. The first-order valence-electron chi connectivity index (χ1n) is 13.8. The van der Waals surface area contributed by atoms with Crippen molar-refractivity contribution in [3.8, 4) is 11.5 Å². The van der Waals surface area contributed by atoms with Gasteiger partial charge < -0.3 is 14.2 Å². The van der Waals surface area contributed by atoms with E-state index in [9.17, 15) is 9.59 Å². The number of benzene rings is 3. The molecule has 1 aliphatic heterocycles. The molecular weight excluding hydrogens is 743 g/mol. The molecule has 1 aromatic heterocycles. The number of esters is 1. The summed E-state index contributed by atoms with van der Waals surface area (Å²) >= 11 is 6.99. The molecule has 0 radical (unpaired) electrons. The quantitative estimate of drug-likeness (QED) is 0.143. The number of allylic oxidation sites excluding steroid dienone is 1. The van der Waals surface area contributed by atoms with Crippen LogP contribution in [-0.4, -0.2) is 23.2 Å². The number of hydrogen-bond donors (Lipinski definition) is 0. The van der Waals surface area contributed by atoms with E-state index in [2.05, 4.69) is 43.5 Å². The zero-order chi connectivity index (χ0) is 30.7. The summed E-state index contributed by atoms with van der Waals surface area (Å²) in [6.45, 7) is 8.07. The third-order valence-electron chi connectivity index (χ3n) is 6.65. The van der Waals surface area contributed by atoms with Crippen molar-refractivity contribution in [1.29, 1.82) is 0 Å². The number of ether oxygens (including phenoxy) is 3. The van der Waals surface area contributed by atoms with E-state index in [1.165, 1.54) is 11.3 Å². The van der Waals surface area contributed by atoms with Crippen LogP contribution in [0.15, 0.2) is 92.3 Å². The summed E-state index contributed by atoms with van der Waals surface area (Å²) in [5.74, 6) is 0.858. The Labute approximate surface area is 275 Å². The van der Waals surface area contributed by atoms with E-state index in [0.29, 0.717) is 38.5 Å². The highest BCUT2D eigenvalue weighted by atomic mass is 127. The third kappa shape index (κ3) is 6.97. The van der Waals surface area contributed by atoms with Crippen LogP contribution in [0.3, 0.4) is 0 Å². The van der Waals surface area contributed by atoms with Gasteiger partial charge in [0.1, 0.15) is 24.1 Å². The number of carbonyl (C=O) groups is 1. The maximum absolute atomic E-state index is 14.0. The van der Waals surface area contributed by atoms with Crippen LogP contribution in [0.2, 0.25) is 0 Å². The zero-order valence-corrected chi connectivity index (χ0v) is 28.7. The minimum absolute atomic E-state index is 0.0996. The second-order valence-corrected chi connectivity index (χ2v) is 13.2. The Balaban J connectivity index is 1.55. The molecule has 0 saturated heterocycles. The van der Waals surface area contributed by atoms with E-state index in [0.717, 1.165) is 24.9 Å². The van der Waals surface area contributed by atoms with Crippen molar-refractivity contribution in [3.05, 3.63) is 122 Å². The van der Waals surface area contributed by atoms with Crippen molar-refractivity contribution < 1.29 is 19.0 Å². The van der Waals surface area contributed by atoms with E-state index >= 15 is 0 Å². The third-order valence-corrected chi connectivity index (χ3v) is 9.01. The van der Waals surface area contributed by atoms with E-state index in [1.807, 2.05) is 86.7 Å². The highest BCUT2D eigenvalue weighted by Crippen LogP contribution is 2.36. The summed E-state index contributed by atoms with van der Waals surface area (Å²) in [6, 6.07) is 20.6. The molecule has 0 N–H and O–H groups in total. The predicted octanol–water partition coefficient (Wildman–Crippen LogP) is 6.53. The summed E-state index contributed by atoms with van der Waals surface area (Å²) in [6.07, 6.45) is 1.75. The van der Waals surface area contributed by atoms with Crippen molar-refractivity contribution in [1.82, 2.24) is 4.57 Å². The molecule has 2 heterocycles. The molecule has 0 saturated carbocycles. The van der Waals surface area contributed by atoms with Gasteiger partial charge in [0.25, 0.3) is 5.56 Å². The molecule has 10 heteroatoms. The lowest BCUT2D eigenvalue weighted by Gasteiger charge is -2.26. The maximum Gasteiger partial charge on any atom is 0.338 e. The van der Waals surface area contributed by atoms with E-state index in [-0.39, 0.29) is 18.3 Å². The van der Waals surface area contributed by atoms with Crippen molar-refractivity contribution >= 4 is 61.9 Å². The number of rotatable bonds is 9. The molecule has 4 aromatic rings. The van der Waals surface area contributed by atoms with Gasteiger partial charge in [0.05, 0.1) is 32.1 Å². The maximum atomic E-state index is 14.0. The average Bonchev–Trinajstić information content (AvgIpc) is 3.26. The molecular formula is C33H30BrIN2O5S. The van der Waals surface area contributed by atoms with Crippen molar-refractivity contribution in [3.63, 3.8) is 0 Å². The van der Waals surface area contributed by atoms with Crippen molar-refractivity contribution in [2.75, 3.05) is 6.61 Å². The van der Waals surface area contributed by atoms with Gasteiger partial charge in [-0.25, -0.2) is 9.79 Å². The molecule has 0 fully saturated rings. The Kier molecular flexibility index (Phi) is 9.88. The van der Waals surface area contributed by atoms with Gasteiger partial charge in [0.15, 0.2) is 4.80 Å². The molecule has 5 rings (SSSR count). The van der Waals surface area contributed by atoms with Crippen molar-refractivity contribution in [2.24, 2.45) is 4.99 Å². The number of fused-ring (bicyclic) bond motifs is 1. The molecule has 3 aromatic carbocycles. The number of para-hydroxylation sites is 1. The lowest BCUT2D eigenvalue weighted by molar-refractivity contribution is -0.139. The van der Waals surface area contributed by atoms with E-state index in [4.69, 9.17) is 14.2 Å². The van der Waals surface area contributed by atoms with E-state index in [1.54, 1.807) is 18.4 Å². The monoisotopic (exact) mass is 772 g/mol. The molecule has 0 spiro atoms. The number of halogens is 2. The fraction of sp³-hybridized carbons (Fsp3) is 0.242. The number of hydrogen-bond acceptors (Lipinski definition) is 7. The zero-order valence-electron chi connectivity index (χ0n) is 24.1. The Morgan fingerprint density at radius 2 is 1.86 bits per heavy atom. The fourth-order valence-corrected chi connectivity index (χ4v) is 6.78. The van der Waals surface area contributed by atoms with Crippen LogP contribution in [0.25, 0.3) is 6.08 Å². The van der Waals surface area contributed by atoms with Gasteiger partial charge in [-0.15, -0.1) is 0 Å². The smallest absolute Gasteiger partial charge is 0.338 e. The molecule has 1 aliphatic rings. The molecule has 0 bridgehead atoms. The average molecular weight is 773 g/mol. The van der Waals surface area contributed by atoms with Crippen LogP contribution in [0.5, 0.6) is 11.5 Å². The van der Waals surface area contributed by atoms with Crippen LogP contribution in [0.4, 0.5) is 0 Å². The molecule has 0 unspecified atom stereocenters. The van der Waals surface area contributed by atoms with Gasteiger partial charge in [-0.2, -0.15) is 0 Å². The number of aromatic nitrogens is 1. The first kappa shape index (κ1) is 31.2. The SMILES string of the molecule is CCOC(=O)C1=C(C)N=c2s/c(=C/c3ccc(OCc4ccc(Br)cc4)c(I)c3)c(=O)n2[C@H]1c1ccccc1OC(C)C. The first-order chi connectivity index (χ1) is 20.7. The van der Waals surface area contributed by atoms with Gasteiger partial charge in [-0.05, 0) is 97.8 Å². The molecule has 7 nitrogen and oxygen atoms in total. The minimum Gasteiger partial charge on any atom is -0.491 e. The lowest BCUT2D eigenvalue weighted by atomic mass is 9.95.